The van der Waals surface area contributed by atoms with Gasteiger partial charge in [0.05, 0.1) is 20.2 Å². The number of aromatic nitrogens is 3. The van der Waals surface area contributed by atoms with Gasteiger partial charge in [-0.3, -0.25) is 0 Å². The Morgan fingerprint density at radius 3 is 2.50 bits per heavy atom. The Balaban J connectivity index is 1.94. The third-order valence-corrected chi connectivity index (χ3v) is 4.68. The quantitative estimate of drug-likeness (QED) is 0.373. The smallest absolute Gasteiger partial charge is 0.191 e. The average Bonchev–Trinajstić information content (AvgIpc) is 3.01. The minimum Gasteiger partial charge on any atom is -0.497 e. The van der Waals surface area contributed by atoms with Crippen LogP contribution in [0.5, 0.6) is 5.75 Å². The second kappa shape index (κ2) is 11.3. The van der Waals surface area contributed by atoms with Gasteiger partial charge in [0.2, 0.25) is 0 Å². The second-order valence-electron chi connectivity index (χ2n) is 7.41. The number of benzene rings is 1. The molecule has 0 bridgehead atoms. The molecule has 154 valence electrons. The predicted molar refractivity (Wildman–Crippen MR) is 113 cm³/mol. The van der Waals surface area contributed by atoms with Crippen LogP contribution in [0.3, 0.4) is 0 Å². The molecule has 0 aliphatic heterocycles. The summed E-state index contributed by atoms with van der Waals surface area (Å²) in [5.41, 5.74) is 1.14. The minimum atomic E-state index is 0.581. The van der Waals surface area contributed by atoms with Gasteiger partial charge < -0.3 is 19.9 Å². The molecule has 2 aromatic rings. The largest absolute Gasteiger partial charge is 0.497 e. The van der Waals surface area contributed by atoms with Gasteiger partial charge in [-0.05, 0) is 37.0 Å². The molecule has 28 heavy (non-hydrogen) atoms. The summed E-state index contributed by atoms with van der Waals surface area (Å²) in [5, 5.41) is 15.1. The van der Waals surface area contributed by atoms with Crippen LogP contribution < -0.4 is 15.4 Å². The Bertz CT molecular complexity index is 736. The van der Waals surface area contributed by atoms with Crippen LogP contribution in [0.25, 0.3) is 0 Å². The highest BCUT2D eigenvalue weighted by molar-refractivity contribution is 5.79. The van der Waals surface area contributed by atoms with Gasteiger partial charge in [-0.2, -0.15) is 0 Å². The molecule has 0 aliphatic rings. The topological polar surface area (TPSA) is 76.4 Å². The van der Waals surface area contributed by atoms with Crippen molar-refractivity contribution in [3.05, 3.63) is 41.5 Å². The third-order valence-electron chi connectivity index (χ3n) is 4.68. The van der Waals surface area contributed by atoms with E-state index in [0.717, 1.165) is 47.8 Å². The van der Waals surface area contributed by atoms with Gasteiger partial charge in [-0.1, -0.05) is 38.8 Å². The maximum atomic E-state index is 5.21. The SMILES string of the molecule is COc1ccc(CN=C(NCCCCC(C)C)NCc2nnc(C)n2C)cc1. The number of nitrogens with zero attached hydrogens (tertiary/aromatic N) is 4. The van der Waals surface area contributed by atoms with E-state index in [2.05, 4.69) is 34.7 Å². The fourth-order valence-electron chi connectivity index (χ4n) is 2.73. The molecule has 2 rings (SSSR count). The molecule has 1 aromatic carbocycles. The van der Waals surface area contributed by atoms with Crippen molar-refractivity contribution in [1.29, 1.82) is 0 Å². The number of ether oxygens (including phenoxy) is 1. The highest BCUT2D eigenvalue weighted by Crippen LogP contribution is 2.12. The van der Waals surface area contributed by atoms with Gasteiger partial charge in [-0.25, -0.2) is 4.99 Å². The first kappa shape index (κ1) is 21.7. The Kier molecular flexibility index (Phi) is 8.78. The normalized spacial score (nSPS) is 11.7. The molecule has 7 heteroatoms. The van der Waals surface area contributed by atoms with Crippen LogP contribution in [-0.4, -0.2) is 34.4 Å². The number of aryl methyl sites for hydroxylation is 1. The van der Waals surface area contributed by atoms with Crippen molar-refractivity contribution in [3.8, 4) is 5.75 Å². The van der Waals surface area contributed by atoms with Gasteiger partial charge in [-0.15, -0.1) is 10.2 Å². The first-order chi connectivity index (χ1) is 13.5. The molecule has 0 saturated carbocycles. The average molecular weight is 387 g/mol. The molecule has 0 amide bonds. The van der Waals surface area contributed by atoms with Crippen LogP contribution in [0.4, 0.5) is 0 Å². The summed E-state index contributed by atoms with van der Waals surface area (Å²) < 4.78 is 7.20. The lowest BCUT2D eigenvalue weighted by molar-refractivity contribution is 0.414. The summed E-state index contributed by atoms with van der Waals surface area (Å²) >= 11 is 0. The van der Waals surface area contributed by atoms with Gasteiger partial charge in [0.15, 0.2) is 11.8 Å². The zero-order valence-electron chi connectivity index (χ0n) is 17.8. The Morgan fingerprint density at radius 2 is 1.89 bits per heavy atom. The molecule has 0 radical (unpaired) electrons. The summed E-state index contributed by atoms with van der Waals surface area (Å²) in [5.74, 6) is 4.18. The number of hydrogen-bond donors (Lipinski definition) is 2. The summed E-state index contributed by atoms with van der Waals surface area (Å²) in [6.45, 7) is 8.56. The molecule has 1 aromatic heterocycles. The molecular weight excluding hydrogens is 352 g/mol. The molecule has 0 fully saturated rings. The van der Waals surface area contributed by atoms with Crippen LogP contribution in [0.1, 0.15) is 50.3 Å². The van der Waals surface area contributed by atoms with Crippen LogP contribution in [0.2, 0.25) is 0 Å². The molecule has 0 aliphatic carbocycles. The van der Waals surface area contributed by atoms with Gasteiger partial charge >= 0.3 is 0 Å². The highest BCUT2D eigenvalue weighted by Gasteiger charge is 2.06. The van der Waals surface area contributed by atoms with Crippen LogP contribution in [0.15, 0.2) is 29.3 Å². The molecular formula is C21H34N6O. The van der Waals surface area contributed by atoms with E-state index < -0.39 is 0 Å². The van der Waals surface area contributed by atoms with E-state index >= 15 is 0 Å². The van der Waals surface area contributed by atoms with E-state index in [0.29, 0.717) is 13.1 Å². The lowest BCUT2D eigenvalue weighted by atomic mass is 10.1. The van der Waals surface area contributed by atoms with Crippen molar-refractivity contribution in [1.82, 2.24) is 25.4 Å². The summed E-state index contributed by atoms with van der Waals surface area (Å²) in [6, 6.07) is 7.99. The number of nitrogens with one attached hydrogen (secondary N) is 2. The maximum Gasteiger partial charge on any atom is 0.191 e. The standard InChI is InChI=1S/C21H34N6O/c1-16(2)8-6-7-13-22-21(24-15-20-26-25-17(3)27(20)4)23-14-18-9-11-19(28-5)12-10-18/h9-12,16H,6-8,13-15H2,1-5H3,(H2,22,23,24). The molecule has 2 N–H and O–H groups in total. The molecule has 7 nitrogen and oxygen atoms in total. The Morgan fingerprint density at radius 1 is 1.14 bits per heavy atom. The number of rotatable bonds is 10. The Labute approximate surface area is 168 Å². The van der Waals surface area contributed by atoms with E-state index in [1.165, 1.54) is 12.8 Å². The van der Waals surface area contributed by atoms with E-state index in [-0.39, 0.29) is 0 Å². The van der Waals surface area contributed by atoms with Crippen LogP contribution in [0, 0.1) is 12.8 Å². The van der Waals surface area contributed by atoms with Crippen molar-refractivity contribution >= 4 is 5.96 Å². The summed E-state index contributed by atoms with van der Waals surface area (Å²) in [7, 11) is 3.65. The van der Waals surface area contributed by atoms with Gasteiger partial charge in [0, 0.05) is 13.6 Å². The number of guanidine groups is 1. The Hall–Kier alpha value is -2.57. The number of hydrogen-bond acceptors (Lipinski definition) is 4. The predicted octanol–water partition coefficient (Wildman–Crippen LogP) is 3.19. The second-order valence-corrected chi connectivity index (χ2v) is 7.41. The monoisotopic (exact) mass is 386 g/mol. The van der Waals surface area contributed by atoms with E-state index in [9.17, 15) is 0 Å². The highest BCUT2D eigenvalue weighted by atomic mass is 16.5. The van der Waals surface area contributed by atoms with E-state index in [4.69, 9.17) is 9.73 Å². The van der Waals surface area contributed by atoms with Gasteiger partial charge in [0.1, 0.15) is 11.6 Å². The lowest BCUT2D eigenvalue weighted by Gasteiger charge is -2.13. The first-order valence-corrected chi connectivity index (χ1v) is 9.99. The zero-order valence-corrected chi connectivity index (χ0v) is 17.8. The fraction of sp³-hybridized carbons (Fsp3) is 0.571. The fourth-order valence-corrected chi connectivity index (χ4v) is 2.73. The van der Waals surface area contributed by atoms with Crippen molar-refractivity contribution < 1.29 is 4.74 Å². The number of aliphatic imine (C=N–C) groups is 1. The van der Waals surface area contributed by atoms with Crippen molar-refractivity contribution in [2.75, 3.05) is 13.7 Å². The summed E-state index contributed by atoms with van der Waals surface area (Å²) in [4.78, 5) is 4.73. The third kappa shape index (κ3) is 7.21. The molecule has 1 heterocycles. The van der Waals surface area contributed by atoms with Crippen molar-refractivity contribution in [2.45, 2.75) is 53.1 Å². The molecule has 0 saturated heterocycles. The van der Waals surface area contributed by atoms with Crippen LogP contribution in [-0.2, 0) is 20.1 Å². The van der Waals surface area contributed by atoms with Crippen LogP contribution >= 0.6 is 0 Å². The van der Waals surface area contributed by atoms with E-state index in [1.807, 2.05) is 42.8 Å². The van der Waals surface area contributed by atoms with Gasteiger partial charge in [0.25, 0.3) is 0 Å². The summed E-state index contributed by atoms with van der Waals surface area (Å²) in [6.07, 6.45) is 3.61. The molecule has 0 spiro atoms. The minimum absolute atomic E-state index is 0.581. The van der Waals surface area contributed by atoms with E-state index in [1.54, 1.807) is 7.11 Å². The zero-order chi connectivity index (χ0) is 20.4. The maximum absolute atomic E-state index is 5.21. The molecule has 0 unspecified atom stereocenters. The van der Waals surface area contributed by atoms with Crippen molar-refractivity contribution in [2.24, 2.45) is 18.0 Å². The van der Waals surface area contributed by atoms with Crippen molar-refractivity contribution in [3.63, 3.8) is 0 Å². The lowest BCUT2D eigenvalue weighted by Crippen LogP contribution is -2.38. The number of methoxy groups -OCH3 is 1. The first-order valence-electron chi connectivity index (χ1n) is 9.99. The number of unbranched alkanes of at least 4 members (excludes halogenated alkanes) is 1. The molecule has 0 atom stereocenters.